The van der Waals surface area contributed by atoms with Gasteiger partial charge < -0.3 is 0 Å². The van der Waals surface area contributed by atoms with Crippen molar-refractivity contribution in [3.8, 4) is 22.5 Å². The molecule has 0 N–H and O–H groups in total. The van der Waals surface area contributed by atoms with Crippen LogP contribution in [-0.4, -0.2) is 0 Å². The van der Waals surface area contributed by atoms with Gasteiger partial charge in [-0.15, -0.1) is 0 Å². The minimum atomic E-state index is 0.0791. The van der Waals surface area contributed by atoms with Crippen LogP contribution in [0.1, 0.15) is 16.7 Å². The summed E-state index contributed by atoms with van der Waals surface area (Å²) in [6.45, 7) is 4.20. The topological polar surface area (TPSA) is 7.76 Å². The van der Waals surface area contributed by atoms with E-state index < -0.39 is 0 Å². The van der Waals surface area contributed by atoms with Crippen LogP contribution in [0, 0.1) is 12.3 Å². The van der Waals surface area contributed by atoms with Crippen LogP contribution in [0.25, 0.3) is 33.3 Å². The van der Waals surface area contributed by atoms with Gasteiger partial charge in [0.25, 0.3) is 0 Å². The smallest absolute Gasteiger partial charge is 0.197 e. The van der Waals surface area contributed by atoms with Crippen LogP contribution in [0.15, 0.2) is 103 Å². The van der Waals surface area contributed by atoms with E-state index in [1.54, 1.807) is 0 Å². The zero-order valence-corrected chi connectivity index (χ0v) is 19.5. The molecule has 0 amide bonds. The lowest BCUT2D eigenvalue weighted by Gasteiger charge is -2.26. The van der Waals surface area contributed by atoms with Crippen molar-refractivity contribution in [3.63, 3.8) is 0 Å². The minimum absolute atomic E-state index is 0.0791. The number of aromatic nitrogens is 2. The van der Waals surface area contributed by atoms with E-state index in [0.717, 1.165) is 25.9 Å². The Labute approximate surface area is 200 Å². The summed E-state index contributed by atoms with van der Waals surface area (Å²) >= 11 is 0. The third-order valence-corrected chi connectivity index (χ3v) is 7.84. The van der Waals surface area contributed by atoms with E-state index >= 15 is 0 Å². The summed E-state index contributed by atoms with van der Waals surface area (Å²) in [5.41, 5.74) is 9.77. The molecule has 2 nitrogen and oxygen atoms in total. The monoisotopic (exact) mass is 440 g/mol. The second-order valence-corrected chi connectivity index (χ2v) is 10.3. The molecule has 0 bridgehead atoms. The summed E-state index contributed by atoms with van der Waals surface area (Å²) < 4.78 is 5.05. The Morgan fingerprint density at radius 2 is 1.29 bits per heavy atom. The average molecular weight is 441 g/mol. The number of pyridine rings is 2. The molecule has 0 aliphatic carbocycles. The van der Waals surface area contributed by atoms with Crippen molar-refractivity contribution in [1.29, 1.82) is 0 Å². The molecule has 3 aromatic carbocycles. The Hall–Kier alpha value is -3.78. The van der Waals surface area contributed by atoms with Crippen LogP contribution >= 0.6 is 0 Å². The third-order valence-electron chi connectivity index (χ3n) is 7.84. The fourth-order valence-corrected chi connectivity index (χ4v) is 6.39. The Balaban J connectivity index is 1.50. The summed E-state index contributed by atoms with van der Waals surface area (Å²) in [6.07, 6.45) is 6.75. The van der Waals surface area contributed by atoms with Crippen molar-refractivity contribution in [2.45, 2.75) is 32.9 Å². The third kappa shape index (κ3) is 3.02. The molecule has 34 heavy (non-hydrogen) atoms. The first-order chi connectivity index (χ1) is 16.7. The second-order valence-electron chi connectivity index (χ2n) is 10.3. The fourth-order valence-electron chi connectivity index (χ4n) is 6.39. The molecule has 2 aromatic heterocycles. The van der Waals surface area contributed by atoms with E-state index in [2.05, 4.69) is 119 Å². The molecule has 7 rings (SSSR count). The van der Waals surface area contributed by atoms with Crippen LogP contribution < -0.4 is 9.13 Å². The molecule has 0 saturated heterocycles. The normalized spacial score (nSPS) is 18.4. The SMILES string of the molecule is Cc1cc[n+]2c(c1)-c1ccccc1CC1(Cc3ccccc3-c3c4ccccc4cc[n+]3C1)C2. The van der Waals surface area contributed by atoms with Gasteiger partial charge in [-0.1, -0.05) is 54.6 Å². The zero-order chi connectivity index (χ0) is 22.7. The first-order valence-corrected chi connectivity index (χ1v) is 12.3. The summed E-state index contributed by atoms with van der Waals surface area (Å²) in [5.74, 6) is 0. The van der Waals surface area contributed by atoms with Gasteiger partial charge in [0.05, 0.1) is 16.4 Å². The van der Waals surface area contributed by atoms with Gasteiger partial charge in [-0.3, -0.25) is 0 Å². The summed E-state index contributed by atoms with van der Waals surface area (Å²) in [5, 5.41) is 2.65. The van der Waals surface area contributed by atoms with E-state index in [-0.39, 0.29) is 5.41 Å². The number of rotatable bonds is 0. The maximum atomic E-state index is 2.54. The summed E-state index contributed by atoms with van der Waals surface area (Å²) in [4.78, 5) is 0. The van der Waals surface area contributed by atoms with Crippen LogP contribution in [0.5, 0.6) is 0 Å². The molecule has 2 aliphatic heterocycles. The molecule has 4 heterocycles. The van der Waals surface area contributed by atoms with Gasteiger partial charge in [0.2, 0.25) is 11.4 Å². The van der Waals surface area contributed by atoms with Gasteiger partial charge in [-0.25, -0.2) is 0 Å². The molecule has 5 aromatic rings. The van der Waals surface area contributed by atoms with Gasteiger partial charge >= 0.3 is 0 Å². The molecule has 0 fully saturated rings. The highest BCUT2D eigenvalue weighted by Gasteiger charge is 2.46. The van der Waals surface area contributed by atoms with Crippen molar-refractivity contribution in [2.24, 2.45) is 5.41 Å². The highest BCUT2D eigenvalue weighted by atomic mass is 15.0. The molecule has 2 aliphatic rings. The second kappa shape index (κ2) is 7.36. The van der Waals surface area contributed by atoms with Gasteiger partial charge in [0.1, 0.15) is 0 Å². The van der Waals surface area contributed by atoms with Crippen LogP contribution in [0.4, 0.5) is 0 Å². The average Bonchev–Trinajstić information content (AvgIpc) is 3.08. The van der Waals surface area contributed by atoms with E-state index in [0.29, 0.717) is 0 Å². The van der Waals surface area contributed by atoms with Crippen LogP contribution in [0.3, 0.4) is 0 Å². The van der Waals surface area contributed by atoms with Crippen molar-refractivity contribution in [2.75, 3.05) is 0 Å². The summed E-state index contributed by atoms with van der Waals surface area (Å²) in [6, 6.07) is 33.8. The Bertz CT molecular complexity index is 1580. The number of benzene rings is 3. The van der Waals surface area contributed by atoms with Gasteiger partial charge in [0, 0.05) is 23.8 Å². The highest BCUT2D eigenvalue weighted by molar-refractivity contribution is 5.93. The lowest BCUT2D eigenvalue weighted by molar-refractivity contribution is -0.737. The standard InChI is InChI=1S/C32H28N2/c1-23-14-16-33-21-32(19-25-9-3-5-11-27(25)30(33)18-23)20-26-10-4-7-13-29(26)31-28-12-6-2-8-24(28)15-17-34(31)22-32/h2-18H,19-22H2,1H3/q+2. The molecule has 2 heteroatoms. The molecule has 164 valence electrons. The zero-order valence-electron chi connectivity index (χ0n) is 19.5. The maximum Gasteiger partial charge on any atom is 0.220 e. The van der Waals surface area contributed by atoms with E-state index in [1.807, 2.05) is 0 Å². The Morgan fingerprint density at radius 3 is 2.15 bits per heavy atom. The van der Waals surface area contributed by atoms with Crippen molar-refractivity contribution in [3.05, 3.63) is 120 Å². The van der Waals surface area contributed by atoms with Crippen molar-refractivity contribution >= 4 is 10.8 Å². The number of hydrogen-bond donors (Lipinski definition) is 0. The van der Waals surface area contributed by atoms with E-state index in [9.17, 15) is 0 Å². The molecule has 1 unspecified atom stereocenters. The van der Waals surface area contributed by atoms with Crippen molar-refractivity contribution < 1.29 is 9.13 Å². The van der Waals surface area contributed by atoms with E-state index in [4.69, 9.17) is 0 Å². The van der Waals surface area contributed by atoms with Gasteiger partial charge in [-0.05, 0) is 60.0 Å². The Morgan fingerprint density at radius 1 is 0.647 bits per heavy atom. The predicted octanol–water partition coefficient (Wildman–Crippen LogP) is 5.86. The molecule has 1 atom stereocenters. The predicted molar refractivity (Wildman–Crippen MR) is 136 cm³/mol. The number of hydrogen-bond acceptors (Lipinski definition) is 0. The molecule has 1 spiro atoms. The lowest BCUT2D eigenvalue weighted by Crippen LogP contribution is -2.52. The first-order valence-electron chi connectivity index (χ1n) is 12.3. The summed E-state index contributed by atoms with van der Waals surface area (Å²) in [7, 11) is 0. The first kappa shape index (κ1) is 19.7. The number of aryl methyl sites for hydroxylation is 1. The Kier molecular flexibility index (Phi) is 4.26. The highest BCUT2D eigenvalue weighted by Crippen LogP contribution is 2.41. The van der Waals surface area contributed by atoms with Crippen LogP contribution in [-0.2, 0) is 25.9 Å². The number of fused-ring (bicyclic) bond motifs is 8. The fraction of sp³-hybridized carbons (Fsp3) is 0.188. The largest absolute Gasteiger partial charge is 0.220 e. The van der Waals surface area contributed by atoms with Crippen molar-refractivity contribution in [1.82, 2.24) is 0 Å². The quantitative estimate of drug-likeness (QED) is 0.267. The molecular weight excluding hydrogens is 412 g/mol. The molecule has 0 radical (unpaired) electrons. The van der Waals surface area contributed by atoms with E-state index in [1.165, 1.54) is 50.0 Å². The van der Waals surface area contributed by atoms with Crippen LogP contribution in [0.2, 0.25) is 0 Å². The lowest BCUT2D eigenvalue weighted by atomic mass is 9.76. The van der Waals surface area contributed by atoms with Gasteiger partial charge in [-0.2, -0.15) is 9.13 Å². The maximum absolute atomic E-state index is 2.54. The molecule has 0 saturated carbocycles. The number of nitrogens with zero attached hydrogens (tertiary/aromatic N) is 2. The molecular formula is C32H28N2+2. The van der Waals surface area contributed by atoms with Gasteiger partial charge in [0.15, 0.2) is 25.5 Å². The minimum Gasteiger partial charge on any atom is -0.197 e.